The second-order valence-electron chi connectivity index (χ2n) is 8.58. The van der Waals surface area contributed by atoms with Crippen LogP contribution in [0.25, 0.3) is 20.3 Å². The Kier molecular flexibility index (Phi) is 6.09. The Morgan fingerprint density at radius 3 is 2.88 bits per heavy atom. The average molecular weight is 458 g/mol. The van der Waals surface area contributed by atoms with Crippen molar-refractivity contribution in [1.29, 1.82) is 0 Å². The number of phenolic OH excluding ortho intramolecular Hbond substituents is 1. The minimum Gasteiger partial charge on any atom is -0.506 e. The van der Waals surface area contributed by atoms with Gasteiger partial charge in [-0.1, -0.05) is 49.3 Å². The normalized spacial score (nSPS) is 13.7. The summed E-state index contributed by atoms with van der Waals surface area (Å²) in [5, 5.41) is 12.1. The quantitative estimate of drug-likeness (QED) is 0.374. The van der Waals surface area contributed by atoms with E-state index < -0.39 is 0 Å². The first kappa shape index (κ1) is 21.6. The minimum atomic E-state index is -0.0413. The smallest absolute Gasteiger partial charge is 0.263 e. The van der Waals surface area contributed by atoms with Crippen LogP contribution in [-0.2, 0) is 19.4 Å². The zero-order valence-corrected chi connectivity index (χ0v) is 19.6. The van der Waals surface area contributed by atoms with Crippen molar-refractivity contribution in [2.75, 3.05) is 0 Å². The Labute approximate surface area is 196 Å². The van der Waals surface area contributed by atoms with Gasteiger partial charge in [0.05, 0.1) is 16.6 Å². The number of nitrogens with zero attached hydrogens (tertiary/aromatic N) is 3. The molecular formula is C27H27N3O2S. The van der Waals surface area contributed by atoms with Crippen LogP contribution in [-0.4, -0.2) is 19.6 Å². The standard InChI is InChI=1S/C27H27N3O2S/c1-2-3-11-20-12-13-21(31)25-23(20)24-26(33-25)29-22(15-18-8-5-4-6-9-18)30(27(24)32)17-19-10-7-14-28-16-19/h4-5,7-8,10,12-14,16,31H,2-3,6,9,11,15,17H2,1H3. The highest BCUT2D eigenvalue weighted by Crippen LogP contribution is 2.39. The first-order chi connectivity index (χ1) is 16.2. The van der Waals surface area contributed by atoms with Gasteiger partial charge in [0.15, 0.2) is 0 Å². The Morgan fingerprint density at radius 2 is 2.12 bits per heavy atom. The maximum Gasteiger partial charge on any atom is 0.263 e. The fraction of sp³-hybridized carbons (Fsp3) is 0.296. The SMILES string of the molecule is CCCCc1ccc(O)c2sc3nc(CC4=CC=CCC4)n(Cc4cccnc4)c(=O)c3c12. The highest BCUT2D eigenvalue weighted by atomic mass is 32.1. The monoisotopic (exact) mass is 457 g/mol. The maximum absolute atomic E-state index is 14.0. The van der Waals surface area contributed by atoms with Crippen LogP contribution in [0.4, 0.5) is 0 Å². The molecule has 3 heterocycles. The van der Waals surface area contributed by atoms with Crippen molar-refractivity contribution in [1.82, 2.24) is 14.5 Å². The van der Waals surface area contributed by atoms with E-state index in [0.29, 0.717) is 23.2 Å². The molecule has 0 saturated carbocycles. The van der Waals surface area contributed by atoms with E-state index in [-0.39, 0.29) is 11.3 Å². The number of aromatic hydroxyl groups is 1. The van der Waals surface area contributed by atoms with Crippen molar-refractivity contribution in [3.8, 4) is 5.75 Å². The van der Waals surface area contributed by atoms with Crippen LogP contribution in [0.15, 0.2) is 65.3 Å². The van der Waals surface area contributed by atoms with E-state index >= 15 is 0 Å². The third-order valence-corrected chi connectivity index (χ3v) is 7.34. The zero-order chi connectivity index (χ0) is 22.8. The number of thiophene rings is 1. The number of aryl methyl sites for hydroxylation is 1. The third-order valence-electron chi connectivity index (χ3n) is 6.24. The van der Waals surface area contributed by atoms with Crippen LogP contribution >= 0.6 is 11.3 Å². The van der Waals surface area contributed by atoms with Gasteiger partial charge in [0.1, 0.15) is 16.4 Å². The molecule has 0 amide bonds. The Balaban J connectivity index is 1.75. The number of hydrogen-bond acceptors (Lipinski definition) is 5. The number of phenols is 1. The topological polar surface area (TPSA) is 68.0 Å². The number of hydrogen-bond donors (Lipinski definition) is 1. The molecule has 0 spiro atoms. The summed E-state index contributed by atoms with van der Waals surface area (Å²) in [6, 6.07) is 7.58. The van der Waals surface area contributed by atoms with Crippen LogP contribution < -0.4 is 5.56 Å². The van der Waals surface area contributed by atoms with Gasteiger partial charge in [-0.2, -0.15) is 0 Å². The maximum atomic E-state index is 14.0. The molecule has 0 aliphatic heterocycles. The number of allylic oxidation sites excluding steroid dienone is 4. The molecule has 0 radical (unpaired) electrons. The lowest BCUT2D eigenvalue weighted by atomic mass is 10.0. The summed E-state index contributed by atoms with van der Waals surface area (Å²) in [5.41, 5.74) is 3.31. The zero-order valence-electron chi connectivity index (χ0n) is 18.8. The van der Waals surface area contributed by atoms with Gasteiger partial charge < -0.3 is 5.11 Å². The molecule has 5 nitrogen and oxygen atoms in total. The molecule has 33 heavy (non-hydrogen) atoms. The Bertz CT molecular complexity index is 1430. The number of fused-ring (bicyclic) bond motifs is 3. The lowest BCUT2D eigenvalue weighted by Crippen LogP contribution is -2.26. The lowest BCUT2D eigenvalue weighted by molar-refractivity contribution is 0.482. The molecule has 0 unspecified atom stereocenters. The van der Waals surface area contributed by atoms with Crippen LogP contribution in [0.2, 0.25) is 0 Å². The van der Waals surface area contributed by atoms with Gasteiger partial charge in [-0.25, -0.2) is 4.98 Å². The van der Waals surface area contributed by atoms with Crippen molar-refractivity contribution in [2.24, 2.45) is 0 Å². The number of aromatic nitrogens is 3. The summed E-state index contributed by atoms with van der Waals surface area (Å²) in [5.74, 6) is 0.979. The third kappa shape index (κ3) is 4.23. The molecule has 0 fully saturated rings. The molecule has 1 aromatic carbocycles. The molecule has 4 aromatic rings. The molecule has 1 N–H and O–H groups in total. The van der Waals surface area contributed by atoms with Gasteiger partial charge in [-0.05, 0) is 48.9 Å². The summed E-state index contributed by atoms with van der Waals surface area (Å²) in [6.07, 6.45) is 15.5. The van der Waals surface area contributed by atoms with Gasteiger partial charge in [-0.3, -0.25) is 14.3 Å². The lowest BCUT2D eigenvalue weighted by Gasteiger charge is -2.15. The van der Waals surface area contributed by atoms with E-state index in [9.17, 15) is 9.90 Å². The number of rotatable bonds is 7. The number of pyridine rings is 1. The van der Waals surface area contributed by atoms with Crippen molar-refractivity contribution >= 4 is 31.6 Å². The Morgan fingerprint density at radius 1 is 1.21 bits per heavy atom. The van der Waals surface area contributed by atoms with Gasteiger partial charge >= 0.3 is 0 Å². The molecule has 0 bridgehead atoms. The summed E-state index contributed by atoms with van der Waals surface area (Å²) in [6.45, 7) is 2.59. The second kappa shape index (κ2) is 9.32. The predicted octanol–water partition coefficient (Wildman–Crippen LogP) is 5.92. The predicted molar refractivity (Wildman–Crippen MR) is 135 cm³/mol. The second-order valence-corrected chi connectivity index (χ2v) is 9.58. The fourth-order valence-electron chi connectivity index (χ4n) is 4.50. The van der Waals surface area contributed by atoms with E-state index in [4.69, 9.17) is 4.98 Å². The van der Waals surface area contributed by atoms with Crippen molar-refractivity contribution in [3.63, 3.8) is 0 Å². The molecule has 1 aliphatic carbocycles. The van der Waals surface area contributed by atoms with Crippen LogP contribution in [0.5, 0.6) is 5.75 Å². The van der Waals surface area contributed by atoms with Gasteiger partial charge in [0.2, 0.25) is 0 Å². The van der Waals surface area contributed by atoms with Crippen molar-refractivity contribution in [3.05, 3.63) is 87.8 Å². The highest BCUT2D eigenvalue weighted by molar-refractivity contribution is 7.25. The van der Waals surface area contributed by atoms with Gasteiger partial charge in [0, 0.05) is 24.2 Å². The van der Waals surface area contributed by atoms with E-state index in [1.165, 1.54) is 16.9 Å². The number of benzene rings is 1. The first-order valence-corrected chi connectivity index (χ1v) is 12.4. The molecule has 3 aromatic heterocycles. The minimum absolute atomic E-state index is 0.0413. The van der Waals surface area contributed by atoms with Crippen molar-refractivity contribution in [2.45, 2.75) is 52.0 Å². The van der Waals surface area contributed by atoms with Crippen LogP contribution in [0.3, 0.4) is 0 Å². The molecule has 6 heteroatoms. The largest absolute Gasteiger partial charge is 0.506 e. The molecule has 0 saturated heterocycles. The summed E-state index contributed by atoms with van der Waals surface area (Å²) < 4.78 is 2.56. The van der Waals surface area contributed by atoms with Gasteiger partial charge in [0.25, 0.3) is 5.56 Å². The van der Waals surface area contributed by atoms with Crippen LogP contribution in [0.1, 0.15) is 49.6 Å². The Hall–Kier alpha value is -3.25. The average Bonchev–Trinajstić information content (AvgIpc) is 3.23. The number of unbranched alkanes of at least 4 members (excludes halogenated alkanes) is 1. The van der Waals surface area contributed by atoms with Crippen molar-refractivity contribution < 1.29 is 5.11 Å². The van der Waals surface area contributed by atoms with Gasteiger partial charge in [-0.15, -0.1) is 11.3 Å². The van der Waals surface area contributed by atoms with E-state index in [2.05, 4.69) is 30.1 Å². The molecule has 5 rings (SSSR count). The first-order valence-electron chi connectivity index (χ1n) is 11.6. The highest BCUT2D eigenvalue weighted by Gasteiger charge is 2.21. The molecular weight excluding hydrogens is 430 g/mol. The van der Waals surface area contributed by atoms with E-state index in [1.54, 1.807) is 23.0 Å². The van der Waals surface area contributed by atoms with E-state index in [0.717, 1.165) is 59.1 Å². The van der Waals surface area contributed by atoms with E-state index in [1.807, 2.05) is 18.2 Å². The summed E-state index contributed by atoms with van der Waals surface area (Å²) in [4.78, 5) is 24.0. The van der Waals surface area contributed by atoms with Crippen LogP contribution in [0, 0.1) is 0 Å². The summed E-state index contributed by atoms with van der Waals surface area (Å²) >= 11 is 1.42. The molecule has 0 atom stereocenters. The fourth-order valence-corrected chi connectivity index (χ4v) is 5.65. The molecule has 168 valence electrons. The molecule has 1 aliphatic rings. The summed E-state index contributed by atoms with van der Waals surface area (Å²) in [7, 11) is 0.